The molecule has 0 spiro atoms. The zero-order valence-corrected chi connectivity index (χ0v) is 10.7. The second kappa shape index (κ2) is 6.38. The Bertz CT molecular complexity index is 464. The largest absolute Gasteiger partial charge is 0.464 e. The van der Waals surface area contributed by atoms with Gasteiger partial charge in [0.25, 0.3) is 0 Å². The molecule has 2 rings (SSSR count). The van der Waals surface area contributed by atoms with Crippen LogP contribution in [0.4, 0.5) is 0 Å². The second-order valence-electron chi connectivity index (χ2n) is 4.40. The summed E-state index contributed by atoms with van der Waals surface area (Å²) < 4.78 is 5.73. The molecule has 96 valence electrons. The van der Waals surface area contributed by atoms with Crippen LogP contribution in [-0.4, -0.2) is 0 Å². The first-order valence-electron chi connectivity index (χ1n) is 6.42. The molecule has 0 saturated heterocycles. The Balaban J connectivity index is 1.97. The maximum atomic E-state index is 5.73. The second-order valence-corrected chi connectivity index (χ2v) is 4.40. The number of hydrogen-bond acceptors (Lipinski definition) is 3. The van der Waals surface area contributed by atoms with E-state index in [1.54, 1.807) is 0 Å². The van der Waals surface area contributed by atoms with Crippen molar-refractivity contribution in [3.63, 3.8) is 0 Å². The maximum absolute atomic E-state index is 5.73. The summed E-state index contributed by atoms with van der Waals surface area (Å²) in [5, 5.41) is 0. The minimum Gasteiger partial charge on any atom is -0.464 e. The van der Waals surface area contributed by atoms with Crippen LogP contribution in [0.2, 0.25) is 0 Å². The van der Waals surface area contributed by atoms with Crippen molar-refractivity contribution in [1.29, 1.82) is 0 Å². The van der Waals surface area contributed by atoms with Gasteiger partial charge in [0.05, 0.1) is 6.04 Å². The molecule has 0 aliphatic heterocycles. The van der Waals surface area contributed by atoms with Crippen LogP contribution in [0, 0.1) is 0 Å². The molecule has 0 saturated carbocycles. The Kier molecular flexibility index (Phi) is 4.56. The fourth-order valence-electron chi connectivity index (χ4n) is 2.04. The number of furan rings is 1. The van der Waals surface area contributed by atoms with Gasteiger partial charge >= 0.3 is 0 Å². The fourth-order valence-corrected chi connectivity index (χ4v) is 2.04. The summed E-state index contributed by atoms with van der Waals surface area (Å²) in [4.78, 5) is 0. The monoisotopic (exact) mass is 244 g/mol. The standard InChI is InChI=1S/C15H20N2O/c1-2-13-9-11-15(18-13)14(17-16)10-8-12-6-4-3-5-7-12/h3-7,9,11,14,17H,2,8,10,16H2,1H3. The van der Waals surface area contributed by atoms with E-state index in [1.807, 2.05) is 18.2 Å². The summed E-state index contributed by atoms with van der Waals surface area (Å²) in [5.41, 5.74) is 4.15. The molecular formula is C15H20N2O. The number of nitrogens with two attached hydrogens (primary N) is 1. The summed E-state index contributed by atoms with van der Waals surface area (Å²) in [6.45, 7) is 2.08. The van der Waals surface area contributed by atoms with E-state index in [-0.39, 0.29) is 6.04 Å². The van der Waals surface area contributed by atoms with Gasteiger partial charge in [0.1, 0.15) is 11.5 Å². The third kappa shape index (κ3) is 3.22. The Labute approximate surface area is 108 Å². The van der Waals surface area contributed by atoms with E-state index in [4.69, 9.17) is 10.3 Å². The van der Waals surface area contributed by atoms with Crippen LogP contribution < -0.4 is 11.3 Å². The van der Waals surface area contributed by atoms with E-state index in [1.165, 1.54) is 5.56 Å². The molecular weight excluding hydrogens is 224 g/mol. The number of hydrogen-bond donors (Lipinski definition) is 2. The van der Waals surface area contributed by atoms with Crippen molar-refractivity contribution in [3.05, 3.63) is 59.5 Å². The van der Waals surface area contributed by atoms with E-state index in [9.17, 15) is 0 Å². The average Bonchev–Trinajstić information content (AvgIpc) is 2.89. The molecule has 1 atom stereocenters. The first kappa shape index (κ1) is 12.9. The minimum atomic E-state index is 0.0745. The van der Waals surface area contributed by atoms with Crippen molar-refractivity contribution in [2.75, 3.05) is 0 Å². The lowest BCUT2D eigenvalue weighted by molar-refractivity contribution is 0.384. The van der Waals surface area contributed by atoms with Crippen molar-refractivity contribution in [1.82, 2.24) is 5.43 Å². The van der Waals surface area contributed by atoms with Gasteiger partial charge in [0.15, 0.2) is 0 Å². The van der Waals surface area contributed by atoms with Crippen LogP contribution in [-0.2, 0) is 12.8 Å². The predicted octanol–water partition coefficient (Wildman–Crippen LogP) is 2.98. The van der Waals surface area contributed by atoms with E-state index in [0.717, 1.165) is 30.8 Å². The Morgan fingerprint density at radius 1 is 1.17 bits per heavy atom. The van der Waals surface area contributed by atoms with Crippen molar-refractivity contribution in [2.24, 2.45) is 5.84 Å². The first-order chi connectivity index (χ1) is 8.83. The van der Waals surface area contributed by atoms with E-state index in [2.05, 4.69) is 36.6 Å². The van der Waals surface area contributed by atoms with Crippen LogP contribution in [0.15, 0.2) is 46.9 Å². The molecule has 18 heavy (non-hydrogen) atoms. The SMILES string of the molecule is CCc1ccc(C(CCc2ccccc2)NN)o1. The lowest BCUT2D eigenvalue weighted by Crippen LogP contribution is -2.28. The maximum Gasteiger partial charge on any atom is 0.122 e. The third-order valence-electron chi connectivity index (χ3n) is 3.14. The molecule has 2 aromatic rings. The van der Waals surface area contributed by atoms with Crippen molar-refractivity contribution in [3.8, 4) is 0 Å². The van der Waals surface area contributed by atoms with Gasteiger partial charge in [-0.05, 0) is 30.5 Å². The van der Waals surface area contributed by atoms with Gasteiger partial charge in [-0.3, -0.25) is 5.84 Å². The predicted molar refractivity (Wildman–Crippen MR) is 72.9 cm³/mol. The van der Waals surface area contributed by atoms with Crippen LogP contribution in [0.25, 0.3) is 0 Å². The highest BCUT2D eigenvalue weighted by atomic mass is 16.3. The van der Waals surface area contributed by atoms with E-state index >= 15 is 0 Å². The number of nitrogens with one attached hydrogen (secondary N) is 1. The highest BCUT2D eigenvalue weighted by Gasteiger charge is 2.13. The van der Waals surface area contributed by atoms with Gasteiger partial charge < -0.3 is 4.42 Å². The van der Waals surface area contributed by atoms with Gasteiger partial charge in [0.2, 0.25) is 0 Å². The molecule has 0 amide bonds. The minimum absolute atomic E-state index is 0.0745. The number of rotatable bonds is 6. The summed E-state index contributed by atoms with van der Waals surface area (Å²) in [6, 6.07) is 14.5. The van der Waals surface area contributed by atoms with Gasteiger partial charge in [-0.15, -0.1) is 0 Å². The molecule has 3 N–H and O–H groups in total. The molecule has 1 heterocycles. The summed E-state index contributed by atoms with van der Waals surface area (Å²) >= 11 is 0. The summed E-state index contributed by atoms with van der Waals surface area (Å²) in [5.74, 6) is 7.54. The Morgan fingerprint density at radius 2 is 1.94 bits per heavy atom. The highest BCUT2D eigenvalue weighted by Crippen LogP contribution is 2.21. The average molecular weight is 244 g/mol. The van der Waals surface area contributed by atoms with E-state index in [0.29, 0.717) is 0 Å². The quantitative estimate of drug-likeness (QED) is 0.606. The highest BCUT2D eigenvalue weighted by molar-refractivity contribution is 5.16. The normalized spacial score (nSPS) is 12.6. The van der Waals surface area contributed by atoms with Crippen LogP contribution in [0.1, 0.15) is 36.5 Å². The third-order valence-corrected chi connectivity index (χ3v) is 3.14. The Hall–Kier alpha value is -1.58. The lowest BCUT2D eigenvalue weighted by atomic mass is 10.0. The molecule has 0 radical (unpaired) electrons. The molecule has 3 heteroatoms. The lowest BCUT2D eigenvalue weighted by Gasteiger charge is -2.13. The zero-order valence-electron chi connectivity index (χ0n) is 10.7. The van der Waals surface area contributed by atoms with Crippen LogP contribution >= 0.6 is 0 Å². The number of aryl methyl sites for hydroxylation is 2. The molecule has 0 bridgehead atoms. The van der Waals surface area contributed by atoms with Crippen LogP contribution in [0.3, 0.4) is 0 Å². The molecule has 0 aliphatic rings. The number of benzene rings is 1. The molecule has 0 fully saturated rings. The molecule has 1 aromatic heterocycles. The van der Waals surface area contributed by atoms with Gasteiger partial charge in [0, 0.05) is 6.42 Å². The van der Waals surface area contributed by atoms with E-state index < -0.39 is 0 Å². The molecule has 1 aromatic carbocycles. The zero-order chi connectivity index (χ0) is 12.8. The molecule has 3 nitrogen and oxygen atoms in total. The topological polar surface area (TPSA) is 51.2 Å². The first-order valence-corrected chi connectivity index (χ1v) is 6.42. The summed E-state index contributed by atoms with van der Waals surface area (Å²) in [7, 11) is 0. The molecule has 1 unspecified atom stereocenters. The van der Waals surface area contributed by atoms with Crippen molar-refractivity contribution < 1.29 is 4.42 Å². The molecule has 0 aliphatic carbocycles. The van der Waals surface area contributed by atoms with Gasteiger partial charge in [-0.25, -0.2) is 5.43 Å². The van der Waals surface area contributed by atoms with Crippen LogP contribution in [0.5, 0.6) is 0 Å². The smallest absolute Gasteiger partial charge is 0.122 e. The number of hydrazine groups is 1. The fraction of sp³-hybridized carbons (Fsp3) is 0.333. The van der Waals surface area contributed by atoms with Gasteiger partial charge in [-0.2, -0.15) is 0 Å². The van der Waals surface area contributed by atoms with Crippen molar-refractivity contribution >= 4 is 0 Å². The summed E-state index contributed by atoms with van der Waals surface area (Å²) in [6.07, 6.45) is 2.82. The van der Waals surface area contributed by atoms with Crippen molar-refractivity contribution in [2.45, 2.75) is 32.2 Å². The van der Waals surface area contributed by atoms with Gasteiger partial charge in [-0.1, -0.05) is 37.3 Å². The Morgan fingerprint density at radius 3 is 2.56 bits per heavy atom.